The van der Waals surface area contributed by atoms with E-state index in [9.17, 15) is 4.79 Å². The van der Waals surface area contributed by atoms with Crippen LogP contribution in [-0.2, 0) is 16.1 Å². The Kier molecular flexibility index (Phi) is 5.14. The predicted octanol–water partition coefficient (Wildman–Crippen LogP) is 3.73. The van der Waals surface area contributed by atoms with E-state index in [1.165, 1.54) is 4.91 Å². The zero-order valence-corrected chi connectivity index (χ0v) is 15.2. The van der Waals surface area contributed by atoms with Gasteiger partial charge < -0.3 is 9.64 Å². The van der Waals surface area contributed by atoms with Crippen molar-refractivity contribution in [1.29, 1.82) is 0 Å². The van der Waals surface area contributed by atoms with Crippen molar-refractivity contribution >= 4 is 52.1 Å². The van der Waals surface area contributed by atoms with Crippen LogP contribution in [-0.4, -0.2) is 32.6 Å². The number of benzene rings is 1. The fraction of sp³-hybridized carbons (Fsp3) is 0.353. The van der Waals surface area contributed by atoms with Gasteiger partial charge in [0.15, 0.2) is 0 Å². The topological polar surface area (TPSA) is 29.5 Å². The Balaban J connectivity index is 1.67. The van der Waals surface area contributed by atoms with Crippen molar-refractivity contribution in [2.75, 3.05) is 5.75 Å². The highest BCUT2D eigenvalue weighted by atomic mass is 32.2. The third-order valence-corrected chi connectivity index (χ3v) is 5.98. The largest absolute Gasteiger partial charge is 0.459 e. The molecule has 2 unspecified atom stereocenters. The van der Waals surface area contributed by atoms with Gasteiger partial charge in [-0.05, 0) is 35.6 Å². The molecule has 1 aromatic carbocycles. The van der Waals surface area contributed by atoms with Gasteiger partial charge in [0.1, 0.15) is 17.6 Å². The summed E-state index contributed by atoms with van der Waals surface area (Å²) < 4.78 is 5.43. The van der Waals surface area contributed by atoms with Gasteiger partial charge in [-0.3, -0.25) is 0 Å². The minimum atomic E-state index is -0.498. The van der Waals surface area contributed by atoms with Gasteiger partial charge in [0, 0.05) is 5.92 Å². The average Bonchev–Trinajstić information content (AvgIpc) is 3.02. The van der Waals surface area contributed by atoms with E-state index in [4.69, 9.17) is 29.2 Å². The van der Waals surface area contributed by atoms with Crippen molar-refractivity contribution in [3.63, 3.8) is 0 Å². The molecular formula is C17H17NO2S3. The van der Waals surface area contributed by atoms with E-state index in [1.54, 1.807) is 23.6 Å². The molecule has 0 aliphatic carbocycles. The lowest BCUT2D eigenvalue weighted by molar-refractivity contribution is -0.148. The standard InChI is InChI=1S/C17H17NO2S3/c1-11(17(19)20-10-12-5-3-2-4-6-12)18-15(21)9-14-13(16(18)22)7-8-23-14/h2-6,9,11,13H,7-8,10H2,1H3. The lowest BCUT2D eigenvalue weighted by Gasteiger charge is -2.35. The van der Waals surface area contributed by atoms with Crippen molar-refractivity contribution in [2.24, 2.45) is 5.92 Å². The van der Waals surface area contributed by atoms with E-state index >= 15 is 0 Å². The van der Waals surface area contributed by atoms with Crippen molar-refractivity contribution in [2.45, 2.75) is 26.0 Å². The maximum absolute atomic E-state index is 12.4. The Morgan fingerprint density at radius 1 is 1.39 bits per heavy atom. The fourth-order valence-electron chi connectivity index (χ4n) is 2.73. The van der Waals surface area contributed by atoms with Gasteiger partial charge in [0.05, 0.1) is 4.99 Å². The molecule has 0 bridgehead atoms. The molecule has 0 aromatic heterocycles. The first kappa shape index (κ1) is 16.6. The summed E-state index contributed by atoms with van der Waals surface area (Å²) in [5.74, 6) is 0.979. The average molecular weight is 364 g/mol. The molecule has 0 amide bonds. The third-order valence-electron chi connectivity index (χ3n) is 4.01. The van der Waals surface area contributed by atoms with Crippen LogP contribution in [0, 0.1) is 5.92 Å². The molecular weight excluding hydrogens is 346 g/mol. The number of thiocarbonyl (C=S) groups is 2. The SMILES string of the molecule is CC(C(=O)OCc1ccccc1)N1C(=S)C=C2SCCC2C1=S. The predicted molar refractivity (Wildman–Crippen MR) is 101 cm³/mol. The number of esters is 1. The van der Waals surface area contributed by atoms with Crippen LogP contribution in [0.3, 0.4) is 0 Å². The quantitative estimate of drug-likeness (QED) is 0.598. The van der Waals surface area contributed by atoms with Crippen LogP contribution in [0.5, 0.6) is 0 Å². The summed E-state index contributed by atoms with van der Waals surface area (Å²) in [4.78, 5) is 16.8. The van der Waals surface area contributed by atoms with Crippen LogP contribution >= 0.6 is 36.2 Å². The van der Waals surface area contributed by atoms with Gasteiger partial charge >= 0.3 is 5.97 Å². The molecule has 0 radical (unpaired) electrons. The molecule has 3 rings (SSSR count). The number of carbonyl (C=O) groups excluding carboxylic acids is 1. The van der Waals surface area contributed by atoms with E-state index in [0.29, 0.717) is 4.99 Å². The molecule has 23 heavy (non-hydrogen) atoms. The number of carbonyl (C=O) groups is 1. The maximum Gasteiger partial charge on any atom is 0.329 e. The van der Waals surface area contributed by atoms with E-state index in [0.717, 1.165) is 22.7 Å². The van der Waals surface area contributed by atoms with Crippen molar-refractivity contribution in [3.8, 4) is 0 Å². The summed E-state index contributed by atoms with van der Waals surface area (Å²) in [6.07, 6.45) is 2.99. The van der Waals surface area contributed by atoms with E-state index in [1.807, 2.05) is 36.4 Å². The number of thioether (sulfide) groups is 1. The lowest BCUT2D eigenvalue weighted by Crippen LogP contribution is -2.49. The highest BCUT2D eigenvalue weighted by Gasteiger charge is 2.38. The zero-order valence-electron chi connectivity index (χ0n) is 12.7. The summed E-state index contributed by atoms with van der Waals surface area (Å²) in [6, 6.07) is 9.14. The molecule has 0 N–H and O–H groups in total. The molecule has 2 heterocycles. The first-order valence-electron chi connectivity index (χ1n) is 7.50. The molecule has 0 spiro atoms. The summed E-state index contributed by atoms with van der Waals surface area (Å²) in [5, 5.41) is 0. The first-order chi connectivity index (χ1) is 11.1. The minimum absolute atomic E-state index is 0.228. The molecule has 3 nitrogen and oxygen atoms in total. The van der Waals surface area contributed by atoms with E-state index in [2.05, 4.69) is 0 Å². The Morgan fingerprint density at radius 3 is 2.87 bits per heavy atom. The molecule has 1 saturated heterocycles. The summed E-state index contributed by atoms with van der Waals surface area (Å²) in [5.41, 5.74) is 0.964. The van der Waals surface area contributed by atoms with Gasteiger partial charge in [-0.1, -0.05) is 54.8 Å². The molecule has 2 aliphatic rings. The molecule has 2 aliphatic heterocycles. The van der Waals surface area contributed by atoms with Gasteiger partial charge in [-0.2, -0.15) is 0 Å². The second kappa shape index (κ2) is 7.11. The van der Waals surface area contributed by atoms with Crippen LogP contribution in [0.2, 0.25) is 0 Å². The summed E-state index contributed by atoms with van der Waals surface area (Å²) in [7, 11) is 0. The number of hydrogen-bond donors (Lipinski definition) is 0. The monoisotopic (exact) mass is 363 g/mol. The molecule has 2 atom stereocenters. The fourth-order valence-corrected chi connectivity index (χ4v) is 5.04. The summed E-state index contributed by atoms with van der Waals surface area (Å²) in [6.45, 7) is 2.06. The van der Waals surface area contributed by atoms with E-state index in [-0.39, 0.29) is 18.5 Å². The molecule has 120 valence electrons. The van der Waals surface area contributed by atoms with E-state index < -0.39 is 6.04 Å². The maximum atomic E-state index is 12.4. The number of hydrogen-bond acceptors (Lipinski definition) is 5. The molecule has 6 heteroatoms. The number of fused-ring (bicyclic) bond motifs is 1. The Morgan fingerprint density at radius 2 is 2.13 bits per heavy atom. The molecule has 1 fully saturated rings. The second-order valence-electron chi connectivity index (χ2n) is 5.55. The molecule has 1 aromatic rings. The second-order valence-corrected chi connectivity index (χ2v) is 7.56. The summed E-state index contributed by atoms with van der Waals surface area (Å²) >= 11 is 12.8. The Labute approximate surface area is 151 Å². The lowest BCUT2D eigenvalue weighted by atomic mass is 10.0. The minimum Gasteiger partial charge on any atom is -0.459 e. The third kappa shape index (κ3) is 3.49. The van der Waals surface area contributed by atoms with Crippen LogP contribution in [0.1, 0.15) is 18.9 Å². The van der Waals surface area contributed by atoms with Crippen molar-refractivity contribution in [1.82, 2.24) is 4.90 Å². The molecule has 0 saturated carbocycles. The Hall–Kier alpha value is -1.24. The van der Waals surface area contributed by atoms with Crippen molar-refractivity contribution in [3.05, 3.63) is 46.9 Å². The number of nitrogens with zero attached hydrogens (tertiary/aromatic N) is 1. The highest BCUT2D eigenvalue weighted by molar-refractivity contribution is 8.03. The van der Waals surface area contributed by atoms with Gasteiger partial charge in [-0.25, -0.2) is 4.79 Å². The highest BCUT2D eigenvalue weighted by Crippen LogP contribution is 2.41. The van der Waals surface area contributed by atoms with Gasteiger partial charge in [0.25, 0.3) is 0 Å². The zero-order chi connectivity index (χ0) is 16.4. The Bertz CT molecular complexity index is 672. The van der Waals surface area contributed by atoms with Crippen LogP contribution in [0.15, 0.2) is 41.3 Å². The number of rotatable bonds is 4. The number of ether oxygens (including phenoxy) is 1. The normalized spacial score (nSPS) is 21.7. The van der Waals surface area contributed by atoms with Gasteiger partial charge in [0.2, 0.25) is 0 Å². The van der Waals surface area contributed by atoms with Crippen LogP contribution < -0.4 is 0 Å². The van der Waals surface area contributed by atoms with Crippen molar-refractivity contribution < 1.29 is 9.53 Å². The van der Waals surface area contributed by atoms with Crippen LogP contribution in [0.4, 0.5) is 0 Å². The first-order valence-corrected chi connectivity index (χ1v) is 9.30. The smallest absolute Gasteiger partial charge is 0.329 e. The van der Waals surface area contributed by atoms with Crippen LogP contribution in [0.25, 0.3) is 0 Å². The van der Waals surface area contributed by atoms with Gasteiger partial charge in [-0.15, -0.1) is 11.8 Å².